The lowest BCUT2D eigenvalue weighted by molar-refractivity contribution is 0.0496. The molecule has 1 amide bonds. The highest BCUT2D eigenvalue weighted by Crippen LogP contribution is 2.37. The van der Waals surface area contributed by atoms with Gasteiger partial charge in [-0.05, 0) is 45.0 Å². The number of alkyl carbamates (subject to hydrolysis) is 1. The van der Waals surface area contributed by atoms with Crippen LogP contribution in [-0.2, 0) is 4.74 Å². The van der Waals surface area contributed by atoms with Crippen LogP contribution in [0.15, 0.2) is 48.7 Å². The Morgan fingerprint density at radius 1 is 1.20 bits per heavy atom. The van der Waals surface area contributed by atoms with Crippen molar-refractivity contribution in [2.24, 2.45) is 0 Å². The summed E-state index contributed by atoms with van der Waals surface area (Å²) in [5, 5.41) is 4.23. The summed E-state index contributed by atoms with van der Waals surface area (Å²) < 4.78 is 19.6. The molecule has 30 heavy (non-hydrogen) atoms. The second-order valence-electron chi connectivity index (χ2n) is 8.41. The van der Waals surface area contributed by atoms with Crippen LogP contribution in [0.3, 0.4) is 0 Å². The molecule has 7 heteroatoms. The van der Waals surface area contributed by atoms with Gasteiger partial charge in [-0.1, -0.05) is 29.8 Å². The lowest BCUT2D eigenvalue weighted by Gasteiger charge is -2.41. The summed E-state index contributed by atoms with van der Waals surface area (Å²) in [7, 11) is 0. The maximum absolute atomic E-state index is 14.2. The van der Waals surface area contributed by atoms with Gasteiger partial charge in [0.25, 0.3) is 0 Å². The van der Waals surface area contributed by atoms with E-state index in [0.717, 1.165) is 16.6 Å². The third-order valence-corrected chi connectivity index (χ3v) is 5.23. The third kappa shape index (κ3) is 4.19. The van der Waals surface area contributed by atoms with Gasteiger partial charge in [0.1, 0.15) is 11.4 Å². The van der Waals surface area contributed by atoms with Crippen LogP contribution in [0.25, 0.3) is 22.0 Å². The second kappa shape index (κ2) is 7.76. The minimum Gasteiger partial charge on any atom is -0.444 e. The summed E-state index contributed by atoms with van der Waals surface area (Å²) in [5.41, 5.74) is 2.24. The Morgan fingerprint density at radius 2 is 1.93 bits per heavy atom. The molecule has 1 saturated heterocycles. The first kappa shape index (κ1) is 20.4. The Kier molecular flexibility index (Phi) is 5.28. The number of anilines is 1. The van der Waals surface area contributed by atoms with E-state index < -0.39 is 11.7 Å². The number of carbonyl (C=O) groups is 1. The summed E-state index contributed by atoms with van der Waals surface area (Å²) >= 11 is 6.52. The molecule has 0 atom stereocenters. The lowest BCUT2D eigenvalue weighted by atomic mass is 10.0. The van der Waals surface area contributed by atoms with E-state index in [0.29, 0.717) is 29.2 Å². The molecule has 2 heterocycles. The number of pyridine rings is 1. The number of rotatable bonds is 3. The maximum Gasteiger partial charge on any atom is 0.407 e. The van der Waals surface area contributed by atoms with Crippen molar-refractivity contribution < 1.29 is 13.9 Å². The topological polar surface area (TPSA) is 54.5 Å². The Hall–Kier alpha value is -2.86. The van der Waals surface area contributed by atoms with Crippen molar-refractivity contribution >= 4 is 34.3 Å². The number of aromatic nitrogens is 1. The SMILES string of the molecule is CC(C)(C)OC(=O)NC1CN(c2ccnc3cc(-c4ccccc4F)c(Cl)cc23)C1. The van der Waals surface area contributed by atoms with Gasteiger partial charge in [0, 0.05) is 46.5 Å². The van der Waals surface area contributed by atoms with E-state index in [2.05, 4.69) is 15.2 Å². The van der Waals surface area contributed by atoms with Gasteiger partial charge in [0.15, 0.2) is 0 Å². The van der Waals surface area contributed by atoms with E-state index >= 15 is 0 Å². The van der Waals surface area contributed by atoms with Crippen molar-refractivity contribution in [3.63, 3.8) is 0 Å². The molecule has 1 N–H and O–H groups in total. The molecule has 0 aliphatic carbocycles. The van der Waals surface area contributed by atoms with Crippen LogP contribution >= 0.6 is 11.6 Å². The Bertz CT molecular complexity index is 1110. The van der Waals surface area contributed by atoms with Gasteiger partial charge in [0.05, 0.1) is 11.6 Å². The largest absolute Gasteiger partial charge is 0.444 e. The average Bonchev–Trinajstić information content (AvgIpc) is 2.63. The van der Waals surface area contributed by atoms with E-state index in [-0.39, 0.29) is 11.9 Å². The maximum atomic E-state index is 14.2. The molecule has 156 valence electrons. The summed E-state index contributed by atoms with van der Waals surface area (Å²) in [6.07, 6.45) is 1.31. The molecular weight excluding hydrogens is 405 g/mol. The molecule has 0 spiro atoms. The predicted octanol–water partition coefficient (Wildman–Crippen LogP) is 5.41. The fourth-order valence-electron chi connectivity index (χ4n) is 3.55. The fraction of sp³-hybridized carbons (Fsp3) is 0.304. The molecule has 2 aromatic carbocycles. The molecule has 4 rings (SSSR count). The number of benzene rings is 2. The molecule has 5 nitrogen and oxygen atoms in total. The van der Waals surface area contributed by atoms with Crippen LogP contribution in [0, 0.1) is 5.82 Å². The van der Waals surface area contributed by atoms with Gasteiger partial charge < -0.3 is 15.0 Å². The van der Waals surface area contributed by atoms with Crippen LogP contribution in [0.4, 0.5) is 14.9 Å². The molecular formula is C23H23ClFN3O2. The normalized spacial score (nSPS) is 14.5. The lowest BCUT2D eigenvalue weighted by Crippen LogP contribution is -2.60. The molecule has 1 aromatic heterocycles. The number of carbonyl (C=O) groups excluding carboxylic acids is 1. The number of ether oxygens (including phenoxy) is 1. The predicted molar refractivity (Wildman–Crippen MR) is 118 cm³/mol. The zero-order valence-electron chi connectivity index (χ0n) is 17.1. The van der Waals surface area contributed by atoms with Gasteiger partial charge in [-0.2, -0.15) is 0 Å². The number of nitrogens with one attached hydrogen (secondary N) is 1. The van der Waals surface area contributed by atoms with Gasteiger partial charge in [-0.3, -0.25) is 4.98 Å². The van der Waals surface area contributed by atoms with Gasteiger partial charge in [-0.15, -0.1) is 0 Å². The number of hydrogen-bond donors (Lipinski definition) is 1. The molecule has 0 radical (unpaired) electrons. The number of amides is 1. The van der Waals surface area contributed by atoms with Crippen LogP contribution in [-0.4, -0.2) is 35.8 Å². The van der Waals surface area contributed by atoms with Crippen molar-refractivity contribution in [1.29, 1.82) is 0 Å². The number of halogens is 2. The van der Waals surface area contributed by atoms with Crippen molar-refractivity contribution in [3.8, 4) is 11.1 Å². The second-order valence-corrected chi connectivity index (χ2v) is 8.81. The first-order chi connectivity index (χ1) is 14.2. The standard InChI is InChI=1S/C23H23ClFN3O2/c1-23(2,3)30-22(29)27-14-12-28(13-14)21-8-9-26-20-11-16(18(24)10-17(20)21)15-6-4-5-7-19(15)25/h4-11,14H,12-13H2,1-3H3,(H,27,29). The third-order valence-electron chi connectivity index (χ3n) is 4.91. The number of hydrogen-bond acceptors (Lipinski definition) is 4. The number of nitrogens with zero attached hydrogens (tertiary/aromatic N) is 2. The Morgan fingerprint density at radius 3 is 2.63 bits per heavy atom. The number of fused-ring (bicyclic) bond motifs is 1. The first-order valence-electron chi connectivity index (χ1n) is 9.79. The van der Waals surface area contributed by atoms with Crippen LogP contribution in [0.1, 0.15) is 20.8 Å². The van der Waals surface area contributed by atoms with Crippen molar-refractivity contribution in [2.75, 3.05) is 18.0 Å². The van der Waals surface area contributed by atoms with Crippen LogP contribution in [0.5, 0.6) is 0 Å². The highest BCUT2D eigenvalue weighted by molar-refractivity contribution is 6.34. The quantitative estimate of drug-likeness (QED) is 0.607. The molecule has 1 aliphatic heterocycles. The Balaban J connectivity index is 1.55. The van der Waals surface area contributed by atoms with Crippen LogP contribution in [0.2, 0.25) is 5.02 Å². The van der Waals surface area contributed by atoms with E-state index in [9.17, 15) is 9.18 Å². The molecule has 3 aromatic rings. The van der Waals surface area contributed by atoms with Crippen LogP contribution < -0.4 is 10.2 Å². The average molecular weight is 428 g/mol. The van der Waals surface area contributed by atoms with E-state index in [4.69, 9.17) is 16.3 Å². The zero-order chi connectivity index (χ0) is 21.5. The van der Waals surface area contributed by atoms with Gasteiger partial charge >= 0.3 is 6.09 Å². The minimum absolute atomic E-state index is 0.0104. The molecule has 1 fully saturated rings. The summed E-state index contributed by atoms with van der Waals surface area (Å²) in [5.74, 6) is -0.325. The van der Waals surface area contributed by atoms with E-state index in [1.807, 2.05) is 39.0 Å². The summed E-state index contributed by atoms with van der Waals surface area (Å²) in [6, 6.07) is 12.1. The first-order valence-corrected chi connectivity index (χ1v) is 10.2. The van der Waals surface area contributed by atoms with E-state index in [1.54, 1.807) is 24.4 Å². The highest BCUT2D eigenvalue weighted by Gasteiger charge is 2.31. The Labute approximate surface area is 179 Å². The van der Waals surface area contributed by atoms with Gasteiger partial charge in [0.2, 0.25) is 0 Å². The highest BCUT2D eigenvalue weighted by atomic mass is 35.5. The van der Waals surface area contributed by atoms with Crippen molar-refractivity contribution in [3.05, 3.63) is 59.5 Å². The van der Waals surface area contributed by atoms with Crippen molar-refractivity contribution in [1.82, 2.24) is 10.3 Å². The zero-order valence-corrected chi connectivity index (χ0v) is 17.8. The summed E-state index contributed by atoms with van der Waals surface area (Å²) in [6.45, 7) is 6.82. The summed E-state index contributed by atoms with van der Waals surface area (Å²) in [4.78, 5) is 18.5. The van der Waals surface area contributed by atoms with Gasteiger partial charge in [-0.25, -0.2) is 9.18 Å². The fourth-order valence-corrected chi connectivity index (χ4v) is 3.82. The van der Waals surface area contributed by atoms with Crippen molar-refractivity contribution in [2.45, 2.75) is 32.4 Å². The molecule has 0 bridgehead atoms. The van der Waals surface area contributed by atoms with E-state index in [1.165, 1.54) is 6.07 Å². The molecule has 0 saturated carbocycles. The molecule has 1 aliphatic rings. The smallest absolute Gasteiger partial charge is 0.407 e. The molecule has 0 unspecified atom stereocenters. The monoisotopic (exact) mass is 427 g/mol. The minimum atomic E-state index is -0.526.